The van der Waals surface area contributed by atoms with E-state index >= 15 is 0 Å². The average Bonchev–Trinajstić information content (AvgIpc) is 2.60. The molecule has 0 N–H and O–H groups in total. The van der Waals surface area contributed by atoms with Crippen LogP contribution >= 0.6 is 0 Å². The predicted octanol–water partition coefficient (Wildman–Crippen LogP) is 2.58. The topological polar surface area (TPSA) is 68.3 Å². The maximum atomic E-state index is 11.2. The molecule has 4 heteroatoms. The van der Waals surface area contributed by atoms with Crippen molar-refractivity contribution in [3.8, 4) is 0 Å². The van der Waals surface area contributed by atoms with Crippen LogP contribution in [-0.2, 0) is 14.4 Å². The molecule has 4 rings (SSSR count). The highest BCUT2D eigenvalue weighted by Gasteiger charge is 2.21. The molecule has 0 amide bonds. The quantitative estimate of drug-likeness (QED) is 0.690. The number of carbonyl (C=O) groups excluding carboxylic acids is 4. The molecule has 1 aromatic carbocycles. The van der Waals surface area contributed by atoms with Crippen molar-refractivity contribution < 1.29 is 19.2 Å². The summed E-state index contributed by atoms with van der Waals surface area (Å²) >= 11 is 0. The van der Waals surface area contributed by atoms with Crippen LogP contribution < -0.4 is 0 Å². The first kappa shape index (κ1) is 15.5. The van der Waals surface area contributed by atoms with Gasteiger partial charge in [0.25, 0.3) is 0 Å². The molecule has 0 saturated carbocycles. The summed E-state index contributed by atoms with van der Waals surface area (Å²) in [6.07, 6.45) is 12.4. The summed E-state index contributed by atoms with van der Waals surface area (Å²) in [4.78, 5) is 44.5. The van der Waals surface area contributed by atoms with Gasteiger partial charge in [0.05, 0.1) is 0 Å². The number of allylic oxidation sites excluding steroid dienone is 9. The van der Waals surface area contributed by atoms with Gasteiger partial charge < -0.3 is 0 Å². The minimum atomic E-state index is -0.436. The van der Waals surface area contributed by atoms with Gasteiger partial charge in [-0.25, -0.2) is 0 Å². The zero-order valence-corrected chi connectivity index (χ0v) is 12.6. The van der Waals surface area contributed by atoms with Crippen LogP contribution in [0.2, 0.25) is 0 Å². The molecular formula is C20H12O4. The van der Waals surface area contributed by atoms with Gasteiger partial charge in [-0.05, 0) is 23.8 Å². The van der Waals surface area contributed by atoms with E-state index in [2.05, 4.69) is 0 Å². The third-order valence-corrected chi connectivity index (χ3v) is 3.69. The van der Waals surface area contributed by atoms with Crippen molar-refractivity contribution in [3.05, 3.63) is 89.1 Å². The Hall–Kier alpha value is -3.40. The van der Waals surface area contributed by atoms with Gasteiger partial charge in [0.15, 0.2) is 11.6 Å². The zero-order chi connectivity index (χ0) is 17.1. The van der Waals surface area contributed by atoms with Crippen molar-refractivity contribution in [2.75, 3.05) is 0 Å². The minimum absolute atomic E-state index is 0.0924. The lowest BCUT2D eigenvalue weighted by Crippen LogP contribution is -2.15. The summed E-state index contributed by atoms with van der Waals surface area (Å²) in [7, 11) is 0. The molecule has 0 fully saturated rings. The van der Waals surface area contributed by atoms with Gasteiger partial charge in [-0.15, -0.1) is 0 Å². The fourth-order valence-electron chi connectivity index (χ4n) is 2.48. The van der Waals surface area contributed by atoms with Crippen molar-refractivity contribution in [2.24, 2.45) is 0 Å². The van der Waals surface area contributed by atoms with Gasteiger partial charge in [-0.1, -0.05) is 54.6 Å². The summed E-state index contributed by atoms with van der Waals surface area (Å²) in [5.41, 5.74) is 2.34. The van der Waals surface area contributed by atoms with E-state index in [-0.39, 0.29) is 11.6 Å². The molecule has 0 saturated heterocycles. The minimum Gasteiger partial charge on any atom is -0.289 e. The zero-order valence-electron chi connectivity index (χ0n) is 12.6. The molecule has 0 aliphatic heterocycles. The van der Waals surface area contributed by atoms with Gasteiger partial charge in [-0.2, -0.15) is 0 Å². The lowest BCUT2D eigenvalue weighted by molar-refractivity contribution is -0.114. The Morgan fingerprint density at radius 1 is 0.583 bits per heavy atom. The van der Waals surface area contributed by atoms with Crippen LogP contribution in [0.25, 0.3) is 6.08 Å². The first-order valence-corrected chi connectivity index (χ1v) is 7.29. The molecule has 4 nitrogen and oxygen atoms in total. The Balaban J connectivity index is 0.000000141. The van der Waals surface area contributed by atoms with E-state index < -0.39 is 11.6 Å². The molecular weight excluding hydrogens is 304 g/mol. The van der Waals surface area contributed by atoms with Crippen molar-refractivity contribution in [2.45, 2.75) is 0 Å². The van der Waals surface area contributed by atoms with Crippen LogP contribution in [0.5, 0.6) is 0 Å². The van der Waals surface area contributed by atoms with Crippen molar-refractivity contribution in [3.63, 3.8) is 0 Å². The molecule has 0 bridgehead atoms. The number of ketones is 4. The van der Waals surface area contributed by atoms with Crippen LogP contribution in [0.4, 0.5) is 0 Å². The SMILES string of the molecule is O=C1C=CC=C2C(=O)C=CC=C12.O=C1C=Cc2ccccc2C1=O. The molecule has 0 unspecified atom stereocenters. The highest BCUT2D eigenvalue weighted by Crippen LogP contribution is 2.21. The van der Waals surface area contributed by atoms with Gasteiger partial charge in [0, 0.05) is 16.7 Å². The normalized spacial score (nSPS) is 17.5. The van der Waals surface area contributed by atoms with Crippen molar-refractivity contribution in [1.29, 1.82) is 0 Å². The largest absolute Gasteiger partial charge is 0.289 e. The molecule has 0 heterocycles. The lowest BCUT2D eigenvalue weighted by atomic mass is 9.90. The van der Waals surface area contributed by atoms with E-state index in [0.29, 0.717) is 16.7 Å². The van der Waals surface area contributed by atoms with Gasteiger partial charge in [0.1, 0.15) is 0 Å². The fourth-order valence-corrected chi connectivity index (χ4v) is 2.48. The standard InChI is InChI=1S/2C10H6O2/c11-9-5-1-3-7-8(9)4-2-6-10(7)12;11-9-6-5-7-3-1-2-4-8(7)10(9)12/h2*1-6H. The summed E-state index contributed by atoms with van der Waals surface area (Å²) in [6, 6.07) is 7.07. The Labute approximate surface area is 138 Å². The summed E-state index contributed by atoms with van der Waals surface area (Å²) in [5, 5.41) is 0. The summed E-state index contributed by atoms with van der Waals surface area (Å²) < 4.78 is 0. The Morgan fingerprint density at radius 2 is 1.17 bits per heavy atom. The van der Waals surface area contributed by atoms with Crippen LogP contribution in [0.3, 0.4) is 0 Å². The van der Waals surface area contributed by atoms with E-state index in [9.17, 15) is 19.2 Å². The number of hydrogen-bond acceptors (Lipinski definition) is 4. The molecule has 3 aliphatic carbocycles. The highest BCUT2D eigenvalue weighted by molar-refractivity contribution is 6.49. The molecule has 0 radical (unpaired) electrons. The number of rotatable bonds is 0. The molecule has 0 spiro atoms. The van der Waals surface area contributed by atoms with E-state index in [1.54, 1.807) is 42.5 Å². The Kier molecular flexibility index (Phi) is 4.12. The average molecular weight is 316 g/mol. The third-order valence-electron chi connectivity index (χ3n) is 3.69. The van der Waals surface area contributed by atoms with E-state index in [0.717, 1.165) is 5.56 Å². The number of fused-ring (bicyclic) bond motifs is 2. The second-order valence-electron chi connectivity index (χ2n) is 5.22. The predicted molar refractivity (Wildman–Crippen MR) is 89.3 cm³/mol. The fraction of sp³-hybridized carbons (Fsp3) is 0. The van der Waals surface area contributed by atoms with Gasteiger partial charge in [-0.3, -0.25) is 19.2 Å². The van der Waals surface area contributed by atoms with E-state index in [1.165, 1.54) is 18.2 Å². The molecule has 3 aliphatic rings. The van der Waals surface area contributed by atoms with Gasteiger partial charge >= 0.3 is 0 Å². The molecule has 0 aromatic heterocycles. The molecule has 1 aromatic rings. The highest BCUT2D eigenvalue weighted by atomic mass is 16.2. The number of Topliss-reactive ketones (excluding diaryl/α,β-unsaturated/α-hetero) is 1. The van der Waals surface area contributed by atoms with Crippen LogP contribution in [0.15, 0.2) is 77.9 Å². The number of benzene rings is 1. The van der Waals surface area contributed by atoms with E-state index in [1.807, 2.05) is 12.1 Å². The second-order valence-corrected chi connectivity index (χ2v) is 5.22. The first-order chi connectivity index (χ1) is 11.6. The summed E-state index contributed by atoms with van der Waals surface area (Å²) in [6.45, 7) is 0. The van der Waals surface area contributed by atoms with Gasteiger partial charge in [0.2, 0.25) is 11.6 Å². The van der Waals surface area contributed by atoms with Crippen molar-refractivity contribution in [1.82, 2.24) is 0 Å². The third kappa shape index (κ3) is 2.90. The molecule has 0 atom stereocenters. The van der Waals surface area contributed by atoms with Crippen LogP contribution in [0.1, 0.15) is 15.9 Å². The molecule has 24 heavy (non-hydrogen) atoms. The smallest absolute Gasteiger partial charge is 0.233 e. The molecule has 116 valence electrons. The lowest BCUT2D eigenvalue weighted by Gasteiger charge is -2.11. The van der Waals surface area contributed by atoms with Crippen molar-refractivity contribution >= 4 is 29.2 Å². The Morgan fingerprint density at radius 3 is 1.79 bits per heavy atom. The monoisotopic (exact) mass is 316 g/mol. The van der Waals surface area contributed by atoms with Crippen LogP contribution in [-0.4, -0.2) is 23.1 Å². The maximum Gasteiger partial charge on any atom is 0.233 e. The Bertz CT molecular complexity index is 883. The number of hydrogen-bond donors (Lipinski definition) is 0. The number of carbonyl (C=O) groups is 4. The van der Waals surface area contributed by atoms with E-state index in [4.69, 9.17) is 0 Å². The van der Waals surface area contributed by atoms with Crippen LogP contribution in [0, 0.1) is 0 Å². The maximum absolute atomic E-state index is 11.2. The second kappa shape index (κ2) is 6.38. The first-order valence-electron chi connectivity index (χ1n) is 7.29. The summed E-state index contributed by atoms with van der Waals surface area (Å²) in [5.74, 6) is -1.03.